The van der Waals surface area contributed by atoms with Crippen molar-refractivity contribution in [1.29, 1.82) is 0 Å². The van der Waals surface area contributed by atoms with Gasteiger partial charge in [-0.15, -0.1) is 0 Å². The van der Waals surface area contributed by atoms with Gasteiger partial charge in [-0.2, -0.15) is 0 Å². The van der Waals surface area contributed by atoms with Gasteiger partial charge in [0.25, 0.3) is 0 Å². The Morgan fingerprint density at radius 1 is 1.15 bits per heavy atom. The smallest absolute Gasteiger partial charge is 0.220 e. The number of fused-ring (bicyclic) bond motifs is 5. The fraction of sp³-hybridized carbons (Fsp3) is 0.583. The van der Waals surface area contributed by atoms with Gasteiger partial charge in [0.2, 0.25) is 5.91 Å². The molecule has 0 aromatic carbocycles. The molecule has 3 fully saturated rings. The van der Waals surface area contributed by atoms with Crippen LogP contribution in [-0.2, 0) is 4.79 Å². The van der Waals surface area contributed by atoms with Crippen molar-refractivity contribution < 1.29 is 4.79 Å². The van der Waals surface area contributed by atoms with E-state index in [1.54, 1.807) is 5.57 Å². The van der Waals surface area contributed by atoms with Gasteiger partial charge in [-0.1, -0.05) is 37.6 Å². The number of rotatable bonds is 1. The standard InChI is InChI=1S/C24H30N2O/c1-23-12-10-22(27)26-15-17(23)5-6-18-20-8-7-19(16-4-3-13-25-14-16)24(20,2)11-9-21(18)23/h3-4,7-8,13-14,17-18,21H,5-6,9-12,15H2,1-2H3,(H,26,27)/t17?,18-,21-,23-,24+/m0/s1. The average Bonchev–Trinajstić information content (AvgIpc) is 2.95. The first-order chi connectivity index (χ1) is 13.0. The molecule has 0 spiro atoms. The summed E-state index contributed by atoms with van der Waals surface area (Å²) >= 11 is 0. The number of carbonyl (C=O) groups is 1. The molecule has 3 nitrogen and oxygen atoms in total. The average molecular weight is 363 g/mol. The molecular weight excluding hydrogens is 332 g/mol. The fourth-order valence-corrected chi connectivity index (χ4v) is 6.90. The van der Waals surface area contributed by atoms with E-state index >= 15 is 0 Å². The predicted octanol–water partition coefficient (Wildman–Crippen LogP) is 4.76. The second-order valence-corrected chi connectivity index (χ2v) is 9.61. The summed E-state index contributed by atoms with van der Waals surface area (Å²) in [6.45, 7) is 5.82. The van der Waals surface area contributed by atoms with Crippen LogP contribution in [0.1, 0.15) is 57.9 Å². The fourth-order valence-electron chi connectivity index (χ4n) is 6.90. The molecular formula is C24H30N2O. The molecule has 0 bridgehead atoms. The van der Waals surface area contributed by atoms with Crippen molar-refractivity contribution in [2.45, 2.75) is 52.4 Å². The Labute approximate surface area is 162 Å². The van der Waals surface area contributed by atoms with Crippen LogP contribution in [0.5, 0.6) is 0 Å². The number of carbonyl (C=O) groups excluding carboxylic acids is 1. The van der Waals surface area contributed by atoms with E-state index in [0.29, 0.717) is 29.6 Å². The lowest BCUT2D eigenvalue weighted by atomic mass is 9.48. The van der Waals surface area contributed by atoms with E-state index < -0.39 is 0 Å². The lowest BCUT2D eigenvalue weighted by molar-refractivity contribution is -0.121. The number of hydrogen-bond acceptors (Lipinski definition) is 2. The minimum Gasteiger partial charge on any atom is -0.356 e. The van der Waals surface area contributed by atoms with Crippen LogP contribution in [0.4, 0.5) is 0 Å². The molecule has 2 saturated carbocycles. The summed E-state index contributed by atoms with van der Waals surface area (Å²) < 4.78 is 0. The SMILES string of the molecule is C[C@]12CC[C@H]3[C@@H](CCC4CNC(=O)CC[C@@]43C)C1=CC=C2c1cccnc1. The normalized spacial score (nSPS) is 40.7. The maximum Gasteiger partial charge on any atom is 0.220 e. The van der Waals surface area contributed by atoms with Crippen molar-refractivity contribution in [3.8, 4) is 0 Å². The highest BCUT2D eigenvalue weighted by molar-refractivity contribution is 5.78. The van der Waals surface area contributed by atoms with E-state index in [1.807, 2.05) is 18.5 Å². The highest BCUT2D eigenvalue weighted by Gasteiger charge is 2.55. The second kappa shape index (κ2) is 6.05. The molecule has 1 aromatic heterocycles. The molecule has 0 radical (unpaired) electrons. The molecule has 27 heavy (non-hydrogen) atoms. The minimum atomic E-state index is 0.159. The summed E-state index contributed by atoms with van der Waals surface area (Å²) in [5, 5.41) is 3.18. The van der Waals surface area contributed by atoms with Gasteiger partial charge in [-0.25, -0.2) is 0 Å². The van der Waals surface area contributed by atoms with E-state index in [2.05, 4.69) is 42.4 Å². The molecule has 3 heteroatoms. The van der Waals surface area contributed by atoms with Gasteiger partial charge in [-0.05, 0) is 72.5 Å². The first kappa shape index (κ1) is 17.2. The number of hydrogen-bond donors (Lipinski definition) is 1. The van der Waals surface area contributed by atoms with Gasteiger partial charge in [0.15, 0.2) is 0 Å². The number of nitrogens with zero attached hydrogens (tertiary/aromatic N) is 1. The zero-order valence-corrected chi connectivity index (χ0v) is 16.5. The molecule has 142 valence electrons. The van der Waals surface area contributed by atoms with Crippen molar-refractivity contribution >= 4 is 11.5 Å². The molecule has 1 aliphatic heterocycles. The van der Waals surface area contributed by atoms with Crippen molar-refractivity contribution in [1.82, 2.24) is 10.3 Å². The summed E-state index contributed by atoms with van der Waals surface area (Å²) in [5.41, 5.74) is 4.83. The van der Waals surface area contributed by atoms with Crippen molar-refractivity contribution in [2.75, 3.05) is 6.54 Å². The predicted molar refractivity (Wildman–Crippen MR) is 108 cm³/mol. The van der Waals surface area contributed by atoms with Crippen molar-refractivity contribution in [3.63, 3.8) is 0 Å². The van der Waals surface area contributed by atoms with Gasteiger partial charge < -0.3 is 5.32 Å². The number of amides is 1. The summed E-state index contributed by atoms with van der Waals surface area (Å²) in [6.07, 6.45) is 15.4. The first-order valence-corrected chi connectivity index (χ1v) is 10.6. The second-order valence-electron chi connectivity index (χ2n) is 9.61. The molecule has 1 unspecified atom stereocenters. The molecule has 2 heterocycles. The van der Waals surface area contributed by atoms with Gasteiger partial charge in [0.1, 0.15) is 0 Å². The zero-order chi connectivity index (χ0) is 18.6. The van der Waals surface area contributed by atoms with Crippen LogP contribution in [0.25, 0.3) is 5.57 Å². The van der Waals surface area contributed by atoms with E-state index in [0.717, 1.165) is 13.0 Å². The summed E-state index contributed by atoms with van der Waals surface area (Å²) in [6, 6.07) is 4.25. The van der Waals surface area contributed by atoms with Crippen LogP contribution < -0.4 is 5.32 Å². The topological polar surface area (TPSA) is 42.0 Å². The monoisotopic (exact) mass is 362 g/mol. The molecule has 5 atom stereocenters. The third-order valence-corrected chi connectivity index (χ3v) is 8.52. The lowest BCUT2D eigenvalue weighted by Gasteiger charge is -2.56. The number of nitrogens with one attached hydrogen (secondary N) is 1. The van der Waals surface area contributed by atoms with E-state index in [9.17, 15) is 4.79 Å². The van der Waals surface area contributed by atoms with Crippen LogP contribution in [-0.4, -0.2) is 17.4 Å². The van der Waals surface area contributed by atoms with Crippen molar-refractivity contribution in [3.05, 3.63) is 47.8 Å². The maximum atomic E-state index is 12.0. The Bertz CT molecular complexity index is 826. The van der Waals surface area contributed by atoms with Crippen LogP contribution in [0.15, 0.2) is 42.3 Å². The Morgan fingerprint density at radius 2 is 2.04 bits per heavy atom. The zero-order valence-electron chi connectivity index (χ0n) is 16.5. The molecule has 1 saturated heterocycles. The Morgan fingerprint density at radius 3 is 2.85 bits per heavy atom. The van der Waals surface area contributed by atoms with Crippen LogP contribution in [0, 0.1) is 28.6 Å². The van der Waals surface area contributed by atoms with E-state index in [1.165, 1.54) is 36.8 Å². The van der Waals surface area contributed by atoms with Crippen LogP contribution in [0.3, 0.4) is 0 Å². The third kappa shape index (κ3) is 2.47. The molecule has 4 aliphatic rings. The Kier molecular flexibility index (Phi) is 3.86. The number of pyridine rings is 1. The largest absolute Gasteiger partial charge is 0.356 e. The molecule has 3 aliphatic carbocycles. The summed E-state index contributed by atoms with van der Waals surface area (Å²) in [5.74, 6) is 2.28. The maximum absolute atomic E-state index is 12.0. The lowest BCUT2D eigenvalue weighted by Crippen LogP contribution is -2.49. The van der Waals surface area contributed by atoms with Gasteiger partial charge in [0, 0.05) is 30.8 Å². The third-order valence-electron chi connectivity index (χ3n) is 8.52. The quantitative estimate of drug-likeness (QED) is 0.782. The molecule has 5 rings (SSSR count). The summed E-state index contributed by atoms with van der Waals surface area (Å²) in [7, 11) is 0. The Hall–Kier alpha value is -1.90. The highest BCUT2D eigenvalue weighted by atomic mass is 16.1. The van der Waals surface area contributed by atoms with E-state index in [-0.39, 0.29) is 11.3 Å². The van der Waals surface area contributed by atoms with Crippen LogP contribution in [0.2, 0.25) is 0 Å². The van der Waals surface area contributed by atoms with Gasteiger partial charge >= 0.3 is 0 Å². The van der Waals surface area contributed by atoms with Gasteiger partial charge in [0.05, 0.1) is 0 Å². The minimum absolute atomic E-state index is 0.159. The molecule has 1 amide bonds. The summed E-state index contributed by atoms with van der Waals surface area (Å²) in [4.78, 5) is 16.4. The van der Waals surface area contributed by atoms with E-state index in [4.69, 9.17) is 0 Å². The van der Waals surface area contributed by atoms with Crippen molar-refractivity contribution in [2.24, 2.45) is 28.6 Å². The van der Waals surface area contributed by atoms with Crippen LogP contribution >= 0.6 is 0 Å². The first-order valence-electron chi connectivity index (χ1n) is 10.6. The van der Waals surface area contributed by atoms with Gasteiger partial charge in [-0.3, -0.25) is 9.78 Å². The molecule has 1 aromatic rings. The highest BCUT2D eigenvalue weighted by Crippen LogP contribution is 2.64. The number of allylic oxidation sites excluding steroid dienone is 4. The molecule has 1 N–H and O–H groups in total. The number of aromatic nitrogens is 1. The Balaban J connectivity index is 1.47.